The van der Waals surface area contributed by atoms with E-state index in [1.165, 1.54) is 16.6 Å². The molecule has 1 fully saturated rings. The number of rotatable bonds is 2. The van der Waals surface area contributed by atoms with Gasteiger partial charge in [-0.2, -0.15) is 26.3 Å². The summed E-state index contributed by atoms with van der Waals surface area (Å²) in [6.45, 7) is 5.33. The third-order valence-corrected chi connectivity index (χ3v) is 4.58. The van der Waals surface area contributed by atoms with Crippen molar-refractivity contribution in [2.45, 2.75) is 19.3 Å². The second kappa shape index (κ2) is 12.2. The van der Waals surface area contributed by atoms with E-state index in [-0.39, 0.29) is 12.5 Å². The number of hydrogen-bond acceptors (Lipinski definition) is 6. The summed E-state index contributed by atoms with van der Waals surface area (Å²) in [6, 6.07) is 6.30. The van der Waals surface area contributed by atoms with Crippen molar-refractivity contribution < 1.29 is 50.9 Å². The van der Waals surface area contributed by atoms with Crippen LogP contribution in [-0.2, 0) is 14.4 Å². The Morgan fingerprint density at radius 3 is 1.86 bits per heavy atom. The summed E-state index contributed by atoms with van der Waals surface area (Å²) in [5, 5.41) is 16.7. The van der Waals surface area contributed by atoms with E-state index in [0.717, 1.165) is 31.6 Å². The molecule has 35 heavy (non-hydrogen) atoms. The van der Waals surface area contributed by atoms with Gasteiger partial charge in [-0.25, -0.2) is 9.59 Å². The predicted molar refractivity (Wildman–Crippen MR) is 112 cm³/mol. The number of carboxylic acid groups (broad SMARTS) is 2. The van der Waals surface area contributed by atoms with Crippen LogP contribution in [0.5, 0.6) is 0 Å². The lowest BCUT2D eigenvalue weighted by Crippen LogP contribution is -2.50. The van der Waals surface area contributed by atoms with E-state index >= 15 is 0 Å². The van der Waals surface area contributed by atoms with Crippen LogP contribution < -0.4 is 10.6 Å². The van der Waals surface area contributed by atoms with Gasteiger partial charge in [0.05, 0.1) is 6.54 Å². The van der Waals surface area contributed by atoms with Crippen LogP contribution in [0.4, 0.5) is 32.0 Å². The van der Waals surface area contributed by atoms with E-state index in [4.69, 9.17) is 25.5 Å². The standard InChI is InChI=1S/C16H20N4O.2C2HF3O2/c1-12-10-18-11-13-3-2-4-14(16(12)13)19-5-7-20(8-6-19)15(21)9-17;2*3-2(4,5)1(6)7/h2-4,10-11H,5-9,17H2,1H3;2*(H,6,7). The van der Waals surface area contributed by atoms with E-state index in [2.05, 4.69) is 35.0 Å². The molecule has 0 unspecified atom stereocenters. The van der Waals surface area contributed by atoms with Crippen LogP contribution in [0.1, 0.15) is 5.56 Å². The molecule has 3 rings (SSSR count). The number of carboxylic acids is 2. The third kappa shape index (κ3) is 8.92. The van der Waals surface area contributed by atoms with Gasteiger partial charge < -0.3 is 25.7 Å². The van der Waals surface area contributed by atoms with Gasteiger partial charge in [-0.05, 0) is 18.6 Å². The highest BCUT2D eigenvalue weighted by atomic mass is 19.4. The maximum Gasteiger partial charge on any atom is 0.490 e. The Bertz CT molecular complexity index is 1010. The normalized spacial score (nSPS) is 13.8. The van der Waals surface area contributed by atoms with Crippen molar-refractivity contribution in [3.05, 3.63) is 36.2 Å². The van der Waals surface area contributed by atoms with E-state index in [9.17, 15) is 31.1 Å². The smallest absolute Gasteiger partial charge is 0.475 e. The number of anilines is 1. The summed E-state index contributed by atoms with van der Waals surface area (Å²) in [4.78, 5) is 37.9. The van der Waals surface area contributed by atoms with Crippen LogP contribution in [-0.4, -0.2) is 83.0 Å². The Balaban J connectivity index is 0.000000362. The number of benzene rings is 1. The molecule has 1 aromatic carbocycles. The minimum Gasteiger partial charge on any atom is -0.475 e. The number of alkyl halides is 6. The summed E-state index contributed by atoms with van der Waals surface area (Å²) in [6.07, 6.45) is -6.36. The molecule has 0 atom stereocenters. The molecule has 0 saturated carbocycles. The van der Waals surface area contributed by atoms with Gasteiger partial charge >= 0.3 is 24.3 Å². The molecule has 1 aliphatic rings. The zero-order chi connectivity index (χ0) is 27.0. The van der Waals surface area contributed by atoms with Gasteiger partial charge in [-0.1, -0.05) is 12.1 Å². The number of aryl methyl sites for hydroxylation is 1. The number of nitrogens with zero attached hydrogens (tertiary/aromatic N) is 3. The van der Waals surface area contributed by atoms with Gasteiger partial charge in [-0.15, -0.1) is 0 Å². The Kier molecular flexibility index (Phi) is 10.2. The molecule has 1 saturated heterocycles. The van der Waals surface area contributed by atoms with Crippen LogP contribution in [0.15, 0.2) is 30.6 Å². The molecule has 0 bridgehead atoms. The van der Waals surface area contributed by atoms with Crippen LogP contribution in [0.2, 0.25) is 0 Å². The van der Waals surface area contributed by atoms with Gasteiger partial charge in [0, 0.05) is 55.0 Å². The molecule has 1 aromatic heterocycles. The highest BCUT2D eigenvalue weighted by Crippen LogP contribution is 2.29. The Labute approximate surface area is 194 Å². The molecular weight excluding hydrogens is 490 g/mol. The number of carbonyl (C=O) groups excluding carboxylic acids is 1. The second-order valence-electron chi connectivity index (χ2n) is 7.01. The van der Waals surface area contributed by atoms with Gasteiger partial charge in [0.1, 0.15) is 0 Å². The Morgan fingerprint density at radius 2 is 1.43 bits per heavy atom. The van der Waals surface area contributed by atoms with Crippen molar-refractivity contribution >= 4 is 34.3 Å². The molecule has 0 radical (unpaired) electrons. The number of aliphatic carboxylic acids is 2. The zero-order valence-corrected chi connectivity index (χ0v) is 18.2. The average molecular weight is 512 g/mol. The summed E-state index contributed by atoms with van der Waals surface area (Å²) in [7, 11) is 0. The number of amides is 1. The molecule has 194 valence electrons. The number of fused-ring (bicyclic) bond motifs is 1. The van der Waals surface area contributed by atoms with Crippen molar-refractivity contribution in [2.24, 2.45) is 5.73 Å². The summed E-state index contributed by atoms with van der Waals surface area (Å²) < 4.78 is 63.5. The van der Waals surface area contributed by atoms with Crippen molar-refractivity contribution in [1.29, 1.82) is 0 Å². The first kappa shape index (κ1) is 29.4. The molecule has 15 heteroatoms. The van der Waals surface area contributed by atoms with Crippen molar-refractivity contribution in [1.82, 2.24) is 9.88 Å². The zero-order valence-electron chi connectivity index (χ0n) is 18.2. The van der Waals surface area contributed by atoms with E-state index in [1.807, 2.05) is 17.3 Å². The van der Waals surface area contributed by atoms with Gasteiger partial charge in [-0.3, -0.25) is 9.78 Å². The first-order valence-electron chi connectivity index (χ1n) is 9.76. The maximum atomic E-state index is 11.7. The van der Waals surface area contributed by atoms with Crippen molar-refractivity contribution in [3.63, 3.8) is 0 Å². The van der Waals surface area contributed by atoms with Crippen molar-refractivity contribution in [2.75, 3.05) is 37.6 Å². The SMILES string of the molecule is Cc1cncc2cccc(N3CCN(C(=O)CN)CC3)c12.O=C(O)C(F)(F)F.O=C(O)C(F)(F)F. The minimum absolute atomic E-state index is 0.0351. The minimum atomic E-state index is -5.08. The number of carbonyl (C=O) groups is 3. The van der Waals surface area contributed by atoms with Crippen LogP contribution in [0, 0.1) is 6.92 Å². The fourth-order valence-electron chi connectivity index (χ4n) is 2.98. The molecular formula is C20H22F6N4O5. The Hall–Kier alpha value is -3.62. The monoisotopic (exact) mass is 512 g/mol. The fourth-order valence-corrected chi connectivity index (χ4v) is 2.98. The lowest BCUT2D eigenvalue weighted by atomic mass is 10.1. The number of nitrogens with two attached hydrogens (primary N) is 1. The third-order valence-electron chi connectivity index (χ3n) is 4.58. The first-order valence-corrected chi connectivity index (χ1v) is 9.76. The Morgan fingerprint density at radius 1 is 0.943 bits per heavy atom. The van der Waals surface area contributed by atoms with Gasteiger partial charge in [0.25, 0.3) is 0 Å². The molecule has 2 aromatic rings. The molecule has 9 nitrogen and oxygen atoms in total. The van der Waals surface area contributed by atoms with Crippen LogP contribution >= 0.6 is 0 Å². The molecule has 1 aliphatic heterocycles. The highest BCUT2D eigenvalue weighted by molar-refractivity contribution is 5.96. The van der Waals surface area contributed by atoms with Gasteiger partial charge in [0.2, 0.25) is 5.91 Å². The first-order chi connectivity index (χ1) is 16.1. The molecule has 0 aliphatic carbocycles. The summed E-state index contributed by atoms with van der Waals surface area (Å²) in [5.41, 5.74) is 7.84. The predicted octanol–water partition coefficient (Wildman–Crippen LogP) is 2.42. The number of hydrogen-bond donors (Lipinski definition) is 3. The lowest BCUT2D eigenvalue weighted by molar-refractivity contribution is -0.193. The maximum absolute atomic E-state index is 11.7. The average Bonchev–Trinajstić information content (AvgIpc) is 2.78. The number of pyridine rings is 1. The van der Waals surface area contributed by atoms with E-state index in [0.29, 0.717) is 0 Å². The van der Waals surface area contributed by atoms with E-state index < -0.39 is 24.3 Å². The summed E-state index contributed by atoms with van der Waals surface area (Å²) >= 11 is 0. The molecule has 4 N–H and O–H groups in total. The van der Waals surface area contributed by atoms with Gasteiger partial charge in [0.15, 0.2) is 0 Å². The highest BCUT2D eigenvalue weighted by Gasteiger charge is 2.38. The fraction of sp³-hybridized carbons (Fsp3) is 0.400. The topological polar surface area (TPSA) is 137 Å². The quantitative estimate of drug-likeness (QED) is 0.522. The molecule has 1 amide bonds. The van der Waals surface area contributed by atoms with Crippen molar-refractivity contribution in [3.8, 4) is 0 Å². The number of piperazine rings is 1. The van der Waals surface area contributed by atoms with Crippen LogP contribution in [0.3, 0.4) is 0 Å². The number of aromatic nitrogens is 1. The molecule has 2 heterocycles. The second-order valence-corrected chi connectivity index (χ2v) is 7.01. The number of halogens is 6. The lowest BCUT2D eigenvalue weighted by Gasteiger charge is -2.36. The van der Waals surface area contributed by atoms with Crippen LogP contribution in [0.25, 0.3) is 10.8 Å². The molecule has 0 spiro atoms. The summed E-state index contributed by atoms with van der Waals surface area (Å²) in [5.74, 6) is -5.48. The largest absolute Gasteiger partial charge is 0.490 e. The van der Waals surface area contributed by atoms with E-state index in [1.54, 1.807) is 0 Å².